The number of piperidine rings is 1. The van der Waals surface area contributed by atoms with Crippen LogP contribution in [0.3, 0.4) is 0 Å². The average Bonchev–Trinajstić information content (AvgIpc) is 2.84. The summed E-state index contributed by atoms with van der Waals surface area (Å²) in [4.78, 5) is 12.2. The summed E-state index contributed by atoms with van der Waals surface area (Å²) in [6.45, 7) is 2.70. The van der Waals surface area contributed by atoms with Crippen molar-refractivity contribution < 1.29 is 8.42 Å². The molecule has 1 saturated heterocycles. The summed E-state index contributed by atoms with van der Waals surface area (Å²) in [6, 6.07) is 19.4. The molecule has 6 nitrogen and oxygen atoms in total. The SMILES string of the molecule is O=S(=O)(Cc1ccccc1)N1CCc2nc(-c3ccccc3)nc(N3CCCCC3)c2C1. The third kappa shape index (κ3) is 4.40. The lowest BCUT2D eigenvalue weighted by atomic mass is 10.0. The topological polar surface area (TPSA) is 66.4 Å². The number of fused-ring (bicyclic) bond motifs is 1. The van der Waals surface area contributed by atoms with Crippen molar-refractivity contribution in [1.29, 1.82) is 0 Å². The smallest absolute Gasteiger partial charge is 0.218 e. The van der Waals surface area contributed by atoms with Gasteiger partial charge in [0, 0.05) is 43.7 Å². The highest BCUT2D eigenvalue weighted by atomic mass is 32.2. The standard InChI is InChI=1S/C25H28N4O2S/c30-32(31,19-20-10-4-1-5-11-20)29-17-14-23-22(18-29)25(28-15-8-3-9-16-28)27-24(26-23)21-12-6-2-7-13-21/h1-2,4-7,10-13H,3,8-9,14-19H2. The zero-order chi connectivity index (χ0) is 22.0. The number of hydrogen-bond acceptors (Lipinski definition) is 5. The number of sulfonamides is 1. The lowest BCUT2D eigenvalue weighted by Gasteiger charge is -2.34. The Bertz CT molecular complexity index is 1180. The molecule has 1 fully saturated rings. The van der Waals surface area contributed by atoms with Gasteiger partial charge in [0.15, 0.2) is 5.82 Å². The summed E-state index contributed by atoms with van der Waals surface area (Å²) >= 11 is 0. The van der Waals surface area contributed by atoms with Crippen LogP contribution < -0.4 is 4.90 Å². The van der Waals surface area contributed by atoms with Crippen molar-refractivity contribution in [2.75, 3.05) is 24.5 Å². The van der Waals surface area contributed by atoms with Gasteiger partial charge in [-0.05, 0) is 24.8 Å². The Morgan fingerprint density at radius 1 is 0.812 bits per heavy atom. The molecule has 0 aliphatic carbocycles. The first kappa shape index (κ1) is 21.1. The summed E-state index contributed by atoms with van der Waals surface area (Å²) in [5.74, 6) is 1.66. The maximum absolute atomic E-state index is 13.2. The van der Waals surface area contributed by atoms with E-state index in [0.29, 0.717) is 19.5 Å². The Labute approximate surface area is 190 Å². The van der Waals surface area contributed by atoms with Crippen molar-refractivity contribution in [2.24, 2.45) is 0 Å². The average molecular weight is 449 g/mol. The van der Waals surface area contributed by atoms with Gasteiger partial charge in [0.25, 0.3) is 0 Å². The van der Waals surface area contributed by atoms with Crippen LogP contribution in [0, 0.1) is 0 Å². The Kier molecular flexibility index (Phi) is 5.93. The van der Waals surface area contributed by atoms with Gasteiger partial charge in [-0.25, -0.2) is 18.4 Å². The van der Waals surface area contributed by atoms with E-state index in [9.17, 15) is 8.42 Å². The fraction of sp³-hybridized carbons (Fsp3) is 0.360. The molecule has 0 unspecified atom stereocenters. The van der Waals surface area contributed by atoms with Crippen molar-refractivity contribution in [3.05, 3.63) is 77.5 Å². The molecule has 0 N–H and O–H groups in total. The molecule has 2 aliphatic rings. The predicted octanol–water partition coefficient (Wildman–Crippen LogP) is 4.02. The first-order valence-corrected chi connectivity index (χ1v) is 12.9. The van der Waals surface area contributed by atoms with Crippen LogP contribution in [-0.2, 0) is 28.7 Å². The van der Waals surface area contributed by atoms with Crippen LogP contribution >= 0.6 is 0 Å². The fourth-order valence-electron chi connectivity index (χ4n) is 4.57. The zero-order valence-corrected chi connectivity index (χ0v) is 19.0. The monoisotopic (exact) mass is 448 g/mol. The second-order valence-corrected chi connectivity index (χ2v) is 10.5. The van der Waals surface area contributed by atoms with Crippen molar-refractivity contribution in [1.82, 2.24) is 14.3 Å². The molecule has 0 amide bonds. The highest BCUT2D eigenvalue weighted by Crippen LogP contribution is 2.32. The molecule has 1 aromatic heterocycles. The second-order valence-electron chi connectivity index (χ2n) is 8.54. The van der Waals surface area contributed by atoms with Crippen LogP contribution in [0.4, 0.5) is 5.82 Å². The minimum absolute atomic E-state index is 0.0190. The van der Waals surface area contributed by atoms with Crippen molar-refractivity contribution in [3.63, 3.8) is 0 Å². The molecule has 5 rings (SSSR count). The van der Waals surface area contributed by atoms with E-state index in [0.717, 1.165) is 60.0 Å². The molecule has 7 heteroatoms. The van der Waals surface area contributed by atoms with Crippen LogP contribution in [0.1, 0.15) is 36.1 Å². The summed E-state index contributed by atoms with van der Waals surface area (Å²) in [5, 5.41) is 0. The van der Waals surface area contributed by atoms with Gasteiger partial charge < -0.3 is 4.90 Å². The number of hydrogen-bond donors (Lipinski definition) is 0. The van der Waals surface area contributed by atoms with Crippen molar-refractivity contribution >= 4 is 15.8 Å². The van der Waals surface area contributed by atoms with Crippen molar-refractivity contribution in [3.8, 4) is 11.4 Å². The molecule has 0 bridgehead atoms. The van der Waals surface area contributed by atoms with Gasteiger partial charge in [-0.3, -0.25) is 0 Å². The number of nitrogens with zero attached hydrogens (tertiary/aromatic N) is 4. The summed E-state index contributed by atoms with van der Waals surface area (Å²) in [6.07, 6.45) is 4.10. The van der Waals surface area contributed by atoms with Gasteiger partial charge in [0.2, 0.25) is 10.0 Å². The third-order valence-electron chi connectivity index (χ3n) is 6.28. The number of anilines is 1. The van der Waals surface area contributed by atoms with E-state index in [1.54, 1.807) is 4.31 Å². The van der Waals surface area contributed by atoms with Crippen LogP contribution in [0.2, 0.25) is 0 Å². The molecule has 0 atom stereocenters. The number of rotatable bonds is 5. The molecular weight excluding hydrogens is 420 g/mol. The molecule has 166 valence electrons. The third-order valence-corrected chi connectivity index (χ3v) is 8.07. The normalized spacial score (nSPS) is 17.2. The molecule has 2 aliphatic heterocycles. The molecule has 3 heterocycles. The lowest BCUT2D eigenvalue weighted by molar-refractivity contribution is 0.386. The minimum Gasteiger partial charge on any atom is -0.356 e. The van der Waals surface area contributed by atoms with E-state index < -0.39 is 10.0 Å². The zero-order valence-electron chi connectivity index (χ0n) is 18.2. The van der Waals surface area contributed by atoms with E-state index in [4.69, 9.17) is 9.97 Å². The van der Waals surface area contributed by atoms with E-state index in [2.05, 4.69) is 4.90 Å². The molecule has 3 aromatic rings. The second kappa shape index (κ2) is 9.00. The van der Waals surface area contributed by atoms with Crippen LogP contribution in [0.15, 0.2) is 60.7 Å². The molecule has 0 radical (unpaired) electrons. The van der Waals surface area contributed by atoms with Crippen LogP contribution in [0.25, 0.3) is 11.4 Å². The Morgan fingerprint density at radius 3 is 2.22 bits per heavy atom. The summed E-state index contributed by atoms with van der Waals surface area (Å²) in [5.41, 5.74) is 3.75. The van der Waals surface area contributed by atoms with Gasteiger partial charge in [-0.15, -0.1) is 0 Å². The van der Waals surface area contributed by atoms with E-state index in [1.807, 2.05) is 60.7 Å². The maximum atomic E-state index is 13.2. The molecule has 0 saturated carbocycles. The number of aromatic nitrogens is 2. The van der Waals surface area contributed by atoms with Crippen molar-refractivity contribution in [2.45, 2.75) is 38.0 Å². The minimum atomic E-state index is -3.43. The molecule has 2 aromatic carbocycles. The first-order valence-electron chi connectivity index (χ1n) is 11.3. The quantitative estimate of drug-likeness (QED) is 0.590. The van der Waals surface area contributed by atoms with Gasteiger partial charge in [0.05, 0.1) is 11.4 Å². The fourth-order valence-corrected chi connectivity index (χ4v) is 6.06. The van der Waals surface area contributed by atoms with Gasteiger partial charge in [0.1, 0.15) is 5.82 Å². The Morgan fingerprint density at radius 2 is 1.50 bits per heavy atom. The van der Waals surface area contributed by atoms with E-state index >= 15 is 0 Å². The van der Waals surface area contributed by atoms with Crippen LogP contribution in [0.5, 0.6) is 0 Å². The molecule has 0 spiro atoms. The molecular formula is C25H28N4O2S. The lowest BCUT2D eigenvalue weighted by Crippen LogP contribution is -2.39. The predicted molar refractivity (Wildman–Crippen MR) is 127 cm³/mol. The van der Waals surface area contributed by atoms with Gasteiger partial charge >= 0.3 is 0 Å². The summed E-state index contributed by atoms with van der Waals surface area (Å²) < 4.78 is 28.0. The first-order chi connectivity index (χ1) is 15.6. The largest absolute Gasteiger partial charge is 0.356 e. The highest BCUT2D eigenvalue weighted by molar-refractivity contribution is 7.88. The van der Waals surface area contributed by atoms with Gasteiger partial charge in [-0.2, -0.15) is 4.31 Å². The Hall–Kier alpha value is -2.77. The molecule has 32 heavy (non-hydrogen) atoms. The Balaban J connectivity index is 1.50. The highest BCUT2D eigenvalue weighted by Gasteiger charge is 2.31. The number of benzene rings is 2. The maximum Gasteiger partial charge on any atom is 0.218 e. The van der Waals surface area contributed by atoms with Gasteiger partial charge in [-0.1, -0.05) is 60.7 Å². The van der Waals surface area contributed by atoms with E-state index in [-0.39, 0.29) is 5.75 Å². The van der Waals surface area contributed by atoms with Crippen LogP contribution in [-0.4, -0.2) is 42.3 Å². The van der Waals surface area contributed by atoms with E-state index in [1.165, 1.54) is 6.42 Å². The summed E-state index contributed by atoms with van der Waals surface area (Å²) in [7, 11) is -3.43.